The van der Waals surface area contributed by atoms with Crippen LogP contribution in [0.15, 0.2) is 24.3 Å². The lowest BCUT2D eigenvalue weighted by Crippen LogP contribution is -2.40. The van der Waals surface area contributed by atoms with Crippen LogP contribution in [-0.4, -0.2) is 39.8 Å². The number of nitrogens with one attached hydrogen (secondary N) is 2. The maximum atomic E-state index is 12.2. The Labute approximate surface area is 146 Å². The zero-order chi connectivity index (χ0) is 17.9. The maximum Gasteiger partial charge on any atom is 0.325 e. The van der Waals surface area contributed by atoms with Gasteiger partial charge in [-0.1, -0.05) is 24.3 Å². The Hall–Kier alpha value is -2.02. The van der Waals surface area contributed by atoms with Gasteiger partial charge in [0.15, 0.2) is 0 Å². The number of carbonyl (C=O) groups is 3. The van der Waals surface area contributed by atoms with Crippen LogP contribution >= 0.6 is 11.8 Å². The van der Waals surface area contributed by atoms with Crippen molar-refractivity contribution in [2.24, 2.45) is 0 Å². The molecule has 0 spiro atoms. The molecule has 1 aliphatic heterocycles. The standard InChI is InChI=1S/C17H23N3O3S/c1-11(24-4)14(21)18-9-12-5-7-13(8-6-12)10-20-15(22)17(2,3)19-16(20)23/h5-8,11H,9-10H2,1-4H3,(H,18,21)(H,19,23). The van der Waals surface area contributed by atoms with Gasteiger partial charge < -0.3 is 10.6 Å². The van der Waals surface area contributed by atoms with Crippen molar-refractivity contribution in [1.29, 1.82) is 0 Å². The highest BCUT2D eigenvalue weighted by atomic mass is 32.2. The van der Waals surface area contributed by atoms with E-state index in [-0.39, 0.29) is 29.6 Å². The van der Waals surface area contributed by atoms with E-state index in [9.17, 15) is 14.4 Å². The van der Waals surface area contributed by atoms with Gasteiger partial charge in [0.25, 0.3) is 5.91 Å². The van der Waals surface area contributed by atoms with Gasteiger partial charge in [-0.3, -0.25) is 14.5 Å². The highest BCUT2D eigenvalue weighted by Crippen LogP contribution is 2.19. The van der Waals surface area contributed by atoms with E-state index in [4.69, 9.17) is 0 Å². The average Bonchev–Trinajstić information content (AvgIpc) is 2.74. The van der Waals surface area contributed by atoms with E-state index < -0.39 is 5.54 Å². The lowest BCUT2D eigenvalue weighted by atomic mass is 10.1. The summed E-state index contributed by atoms with van der Waals surface area (Å²) in [7, 11) is 0. The first-order valence-electron chi connectivity index (χ1n) is 7.77. The van der Waals surface area contributed by atoms with Crippen molar-refractivity contribution in [3.05, 3.63) is 35.4 Å². The molecule has 130 valence electrons. The third kappa shape index (κ3) is 4.08. The van der Waals surface area contributed by atoms with Crippen molar-refractivity contribution in [1.82, 2.24) is 15.5 Å². The number of rotatable bonds is 6. The number of nitrogens with zero attached hydrogens (tertiary/aromatic N) is 1. The Balaban J connectivity index is 1.94. The molecule has 1 atom stereocenters. The Morgan fingerprint density at radius 1 is 1.25 bits per heavy atom. The van der Waals surface area contributed by atoms with Crippen molar-refractivity contribution < 1.29 is 14.4 Å². The van der Waals surface area contributed by atoms with E-state index in [0.29, 0.717) is 6.54 Å². The van der Waals surface area contributed by atoms with Crippen LogP contribution in [0.4, 0.5) is 4.79 Å². The number of benzene rings is 1. The minimum absolute atomic E-state index is 0.00754. The molecule has 0 aromatic heterocycles. The predicted octanol–water partition coefficient (Wildman–Crippen LogP) is 1.88. The number of urea groups is 1. The summed E-state index contributed by atoms with van der Waals surface area (Å²) in [4.78, 5) is 37.0. The summed E-state index contributed by atoms with van der Waals surface area (Å²) < 4.78 is 0. The molecule has 24 heavy (non-hydrogen) atoms. The highest BCUT2D eigenvalue weighted by Gasteiger charge is 2.43. The van der Waals surface area contributed by atoms with Gasteiger partial charge in [0.1, 0.15) is 5.54 Å². The van der Waals surface area contributed by atoms with Gasteiger partial charge in [-0.2, -0.15) is 11.8 Å². The summed E-state index contributed by atoms with van der Waals surface area (Å²) in [6, 6.07) is 7.15. The van der Waals surface area contributed by atoms with E-state index in [1.807, 2.05) is 37.4 Å². The third-order valence-corrected chi connectivity index (χ3v) is 4.92. The number of thioether (sulfide) groups is 1. The van der Waals surface area contributed by atoms with E-state index in [1.54, 1.807) is 13.8 Å². The number of carbonyl (C=O) groups excluding carboxylic acids is 3. The third-order valence-electron chi connectivity index (χ3n) is 4.00. The summed E-state index contributed by atoms with van der Waals surface area (Å²) in [5, 5.41) is 5.46. The Bertz CT molecular complexity index is 643. The lowest BCUT2D eigenvalue weighted by molar-refractivity contribution is -0.130. The van der Waals surface area contributed by atoms with Crippen molar-refractivity contribution in [2.75, 3.05) is 6.26 Å². The molecule has 0 bridgehead atoms. The fourth-order valence-electron chi connectivity index (χ4n) is 2.35. The second-order valence-corrected chi connectivity index (χ2v) is 7.54. The molecule has 1 unspecified atom stereocenters. The summed E-state index contributed by atoms with van der Waals surface area (Å²) >= 11 is 1.50. The summed E-state index contributed by atoms with van der Waals surface area (Å²) in [6.45, 7) is 5.94. The molecule has 1 aliphatic rings. The molecule has 7 heteroatoms. The summed E-state index contributed by atoms with van der Waals surface area (Å²) in [5.74, 6) is -0.219. The van der Waals surface area contributed by atoms with Crippen LogP contribution in [0, 0.1) is 0 Å². The number of amides is 4. The molecule has 1 heterocycles. The van der Waals surface area contributed by atoms with Gasteiger partial charge in [0, 0.05) is 6.54 Å². The molecule has 0 radical (unpaired) electrons. The monoisotopic (exact) mass is 349 g/mol. The van der Waals surface area contributed by atoms with Gasteiger partial charge in [-0.05, 0) is 38.2 Å². The number of hydrogen-bond donors (Lipinski definition) is 2. The van der Waals surface area contributed by atoms with Crippen LogP contribution in [0.2, 0.25) is 0 Å². The van der Waals surface area contributed by atoms with Crippen molar-refractivity contribution in [2.45, 2.75) is 44.6 Å². The van der Waals surface area contributed by atoms with Gasteiger partial charge in [-0.25, -0.2) is 4.79 Å². The second-order valence-electron chi connectivity index (χ2n) is 6.36. The molecule has 2 rings (SSSR count). The molecular weight excluding hydrogens is 326 g/mol. The van der Waals surface area contributed by atoms with Crippen LogP contribution in [0.25, 0.3) is 0 Å². The molecule has 1 fully saturated rings. The van der Waals surface area contributed by atoms with Crippen molar-refractivity contribution in [3.63, 3.8) is 0 Å². The smallest absolute Gasteiger partial charge is 0.325 e. The van der Waals surface area contributed by atoms with Crippen LogP contribution < -0.4 is 10.6 Å². The highest BCUT2D eigenvalue weighted by molar-refractivity contribution is 7.99. The van der Waals surface area contributed by atoms with E-state index in [2.05, 4.69) is 10.6 Å². The maximum absolute atomic E-state index is 12.2. The molecular formula is C17H23N3O3S. The number of imide groups is 1. The fourth-order valence-corrected chi connectivity index (χ4v) is 2.64. The predicted molar refractivity (Wildman–Crippen MR) is 94.4 cm³/mol. The molecule has 1 saturated heterocycles. The molecule has 1 aromatic carbocycles. The van der Waals surface area contributed by atoms with Crippen molar-refractivity contribution >= 4 is 29.6 Å². The van der Waals surface area contributed by atoms with Gasteiger partial charge >= 0.3 is 6.03 Å². The minimum atomic E-state index is -0.852. The molecule has 2 N–H and O–H groups in total. The van der Waals surface area contributed by atoms with Crippen LogP contribution in [0.1, 0.15) is 31.9 Å². The van der Waals surface area contributed by atoms with E-state index in [0.717, 1.165) is 11.1 Å². The molecule has 0 aliphatic carbocycles. The Kier molecular flexibility index (Phi) is 5.54. The summed E-state index contributed by atoms with van der Waals surface area (Å²) in [6.07, 6.45) is 1.90. The Morgan fingerprint density at radius 3 is 2.33 bits per heavy atom. The van der Waals surface area contributed by atoms with Crippen LogP contribution in [0.3, 0.4) is 0 Å². The zero-order valence-corrected chi connectivity index (χ0v) is 15.2. The molecule has 1 aromatic rings. The minimum Gasteiger partial charge on any atom is -0.351 e. The van der Waals surface area contributed by atoms with Crippen molar-refractivity contribution in [3.8, 4) is 0 Å². The first kappa shape index (κ1) is 18.3. The molecule has 0 saturated carbocycles. The quantitative estimate of drug-likeness (QED) is 0.769. The topological polar surface area (TPSA) is 78.5 Å². The SMILES string of the molecule is CSC(C)C(=O)NCc1ccc(CN2C(=O)NC(C)(C)C2=O)cc1. The fraction of sp³-hybridized carbons (Fsp3) is 0.471. The lowest BCUT2D eigenvalue weighted by Gasteiger charge is -2.16. The van der Waals surface area contributed by atoms with Gasteiger partial charge in [0.2, 0.25) is 5.91 Å². The largest absolute Gasteiger partial charge is 0.351 e. The molecule has 4 amide bonds. The van der Waals surface area contributed by atoms with E-state index in [1.165, 1.54) is 16.7 Å². The van der Waals surface area contributed by atoms with Gasteiger partial charge in [0.05, 0.1) is 11.8 Å². The first-order valence-corrected chi connectivity index (χ1v) is 9.06. The normalized spacial score (nSPS) is 17.6. The molecule has 6 nitrogen and oxygen atoms in total. The number of hydrogen-bond acceptors (Lipinski definition) is 4. The summed E-state index contributed by atoms with van der Waals surface area (Å²) in [5.41, 5.74) is 0.983. The van der Waals surface area contributed by atoms with E-state index >= 15 is 0 Å². The van der Waals surface area contributed by atoms with Crippen LogP contribution in [0.5, 0.6) is 0 Å². The average molecular weight is 349 g/mol. The van der Waals surface area contributed by atoms with Gasteiger partial charge in [-0.15, -0.1) is 0 Å². The second kappa shape index (κ2) is 7.25. The first-order chi connectivity index (χ1) is 11.2. The Morgan fingerprint density at radius 2 is 1.83 bits per heavy atom. The van der Waals surface area contributed by atoms with Crippen LogP contribution in [-0.2, 0) is 22.7 Å². The zero-order valence-electron chi connectivity index (χ0n) is 14.4.